The van der Waals surface area contributed by atoms with Crippen molar-refractivity contribution < 1.29 is 4.79 Å². The van der Waals surface area contributed by atoms with Crippen LogP contribution in [-0.2, 0) is 0 Å². The summed E-state index contributed by atoms with van der Waals surface area (Å²) in [6, 6.07) is 15.8. The fourth-order valence-corrected chi connectivity index (χ4v) is 3.79. The summed E-state index contributed by atoms with van der Waals surface area (Å²) in [6.45, 7) is 0. The molecule has 3 aromatic rings. The minimum absolute atomic E-state index is 0.112. The fraction of sp³-hybridized carbons (Fsp3) is 0.263. The molecule has 0 N–H and O–H groups in total. The number of rotatable bonds is 4. The molecule has 0 radical (unpaired) electrons. The number of carbonyl (C=O) groups is 1. The Morgan fingerprint density at radius 1 is 1.27 bits per heavy atom. The van der Waals surface area contributed by atoms with Crippen molar-refractivity contribution in [3.63, 3.8) is 0 Å². The lowest BCUT2D eigenvalue weighted by Crippen LogP contribution is -2.53. The summed E-state index contributed by atoms with van der Waals surface area (Å²) in [4.78, 5) is 19.9. The Bertz CT molecular complexity index is 967. The van der Waals surface area contributed by atoms with E-state index in [0.717, 1.165) is 17.0 Å². The first kappa shape index (κ1) is 16.5. The predicted octanol–water partition coefficient (Wildman–Crippen LogP) is 3.51. The molecule has 1 aromatic carbocycles. The summed E-state index contributed by atoms with van der Waals surface area (Å²) in [5.41, 5.74) is 0.113. The zero-order chi connectivity index (χ0) is 18.1. The SMILES string of the molecule is CN(C(=O)c1nc(-c2cccs2)n(-c2ccccc2)n1)C1(C#N)CCC1. The average molecular weight is 363 g/mol. The summed E-state index contributed by atoms with van der Waals surface area (Å²) in [5.74, 6) is 0.419. The van der Waals surface area contributed by atoms with Gasteiger partial charge in [-0.15, -0.1) is 16.4 Å². The molecule has 1 aliphatic rings. The van der Waals surface area contributed by atoms with Gasteiger partial charge in [-0.3, -0.25) is 4.79 Å². The minimum atomic E-state index is -0.724. The maximum absolute atomic E-state index is 12.9. The van der Waals surface area contributed by atoms with Crippen LogP contribution in [0.2, 0.25) is 0 Å². The maximum Gasteiger partial charge on any atom is 0.294 e. The Kier molecular flexibility index (Phi) is 4.05. The van der Waals surface area contributed by atoms with Gasteiger partial charge >= 0.3 is 0 Å². The fourth-order valence-electron chi connectivity index (χ4n) is 3.10. The average Bonchev–Trinajstić information content (AvgIpc) is 3.30. The van der Waals surface area contributed by atoms with Gasteiger partial charge in [0.25, 0.3) is 5.91 Å². The number of nitrogens with zero attached hydrogens (tertiary/aromatic N) is 5. The number of para-hydroxylation sites is 1. The first-order valence-corrected chi connectivity index (χ1v) is 9.28. The third kappa shape index (κ3) is 2.59. The molecule has 0 unspecified atom stereocenters. The third-order valence-corrected chi connectivity index (χ3v) is 5.74. The van der Waals surface area contributed by atoms with Crippen LogP contribution in [-0.4, -0.2) is 38.2 Å². The highest BCUT2D eigenvalue weighted by atomic mass is 32.1. The van der Waals surface area contributed by atoms with Gasteiger partial charge in [-0.2, -0.15) is 5.26 Å². The van der Waals surface area contributed by atoms with Gasteiger partial charge in [0.2, 0.25) is 5.82 Å². The van der Waals surface area contributed by atoms with E-state index in [1.165, 1.54) is 4.90 Å². The zero-order valence-electron chi connectivity index (χ0n) is 14.3. The molecule has 6 nitrogen and oxygen atoms in total. The number of benzene rings is 1. The zero-order valence-corrected chi connectivity index (χ0v) is 15.1. The molecule has 0 saturated heterocycles. The Morgan fingerprint density at radius 2 is 2.04 bits per heavy atom. The van der Waals surface area contributed by atoms with Gasteiger partial charge in [-0.1, -0.05) is 24.3 Å². The Morgan fingerprint density at radius 3 is 2.62 bits per heavy atom. The van der Waals surface area contributed by atoms with Crippen LogP contribution in [0.1, 0.15) is 29.9 Å². The highest BCUT2D eigenvalue weighted by molar-refractivity contribution is 7.13. The summed E-state index contributed by atoms with van der Waals surface area (Å²) >= 11 is 1.54. The topological polar surface area (TPSA) is 74.8 Å². The van der Waals surface area contributed by atoms with E-state index in [0.29, 0.717) is 18.7 Å². The van der Waals surface area contributed by atoms with E-state index < -0.39 is 5.54 Å². The Balaban J connectivity index is 1.76. The standard InChI is InChI=1S/C19H17N5OS/c1-23(19(13-20)10-6-11-19)18(25)16-21-17(15-9-5-12-26-15)24(22-16)14-7-3-2-4-8-14/h2-5,7-9,12H,6,10-11H2,1H3. The Hall–Kier alpha value is -2.98. The number of thiophene rings is 1. The predicted molar refractivity (Wildman–Crippen MR) is 99.0 cm³/mol. The lowest BCUT2D eigenvalue weighted by molar-refractivity contribution is 0.0485. The molecular formula is C19H17N5OS. The van der Waals surface area contributed by atoms with Gasteiger partial charge in [0.1, 0.15) is 5.54 Å². The summed E-state index contributed by atoms with van der Waals surface area (Å²) in [6.07, 6.45) is 2.35. The highest BCUT2D eigenvalue weighted by Gasteiger charge is 2.44. The largest absolute Gasteiger partial charge is 0.320 e. The minimum Gasteiger partial charge on any atom is -0.320 e. The molecule has 4 rings (SSSR count). The molecule has 26 heavy (non-hydrogen) atoms. The molecule has 1 amide bonds. The molecule has 0 spiro atoms. The van der Waals surface area contributed by atoms with Crippen molar-refractivity contribution in [3.05, 3.63) is 53.7 Å². The van der Waals surface area contributed by atoms with Crippen LogP contribution in [0.25, 0.3) is 16.4 Å². The second-order valence-electron chi connectivity index (χ2n) is 6.34. The first-order valence-electron chi connectivity index (χ1n) is 8.40. The van der Waals surface area contributed by atoms with Crippen molar-refractivity contribution in [2.24, 2.45) is 0 Å². The number of carbonyl (C=O) groups excluding carboxylic acids is 1. The summed E-state index contributed by atoms with van der Waals surface area (Å²) < 4.78 is 1.69. The quantitative estimate of drug-likeness (QED) is 0.711. The van der Waals surface area contributed by atoms with E-state index in [1.807, 2.05) is 47.8 Å². The van der Waals surface area contributed by atoms with E-state index in [-0.39, 0.29) is 11.7 Å². The molecule has 1 fully saturated rings. The third-order valence-electron chi connectivity index (χ3n) is 4.88. The van der Waals surface area contributed by atoms with Crippen molar-refractivity contribution >= 4 is 17.2 Å². The lowest BCUT2D eigenvalue weighted by Gasteiger charge is -2.42. The van der Waals surface area contributed by atoms with E-state index in [4.69, 9.17) is 0 Å². The summed E-state index contributed by atoms with van der Waals surface area (Å²) in [5, 5.41) is 15.9. The van der Waals surface area contributed by atoms with Crippen LogP contribution in [0.4, 0.5) is 0 Å². The smallest absolute Gasteiger partial charge is 0.294 e. The van der Waals surface area contributed by atoms with Crippen LogP contribution >= 0.6 is 11.3 Å². The second kappa shape index (κ2) is 6.39. The van der Waals surface area contributed by atoms with E-state index in [1.54, 1.807) is 23.1 Å². The molecule has 7 heteroatoms. The molecular weight excluding hydrogens is 346 g/mol. The number of aromatic nitrogens is 3. The number of hydrogen-bond donors (Lipinski definition) is 0. The van der Waals surface area contributed by atoms with Crippen LogP contribution in [0.3, 0.4) is 0 Å². The van der Waals surface area contributed by atoms with Crippen molar-refractivity contribution in [3.8, 4) is 22.5 Å². The molecule has 0 aliphatic heterocycles. The molecule has 130 valence electrons. The monoisotopic (exact) mass is 363 g/mol. The van der Waals surface area contributed by atoms with E-state index in [9.17, 15) is 10.1 Å². The van der Waals surface area contributed by atoms with Crippen molar-refractivity contribution in [2.45, 2.75) is 24.8 Å². The summed E-state index contributed by atoms with van der Waals surface area (Å²) in [7, 11) is 1.67. The first-order chi connectivity index (χ1) is 12.6. The molecule has 0 bridgehead atoms. The van der Waals surface area contributed by atoms with Crippen LogP contribution < -0.4 is 0 Å². The second-order valence-corrected chi connectivity index (χ2v) is 7.29. The number of hydrogen-bond acceptors (Lipinski definition) is 5. The van der Waals surface area contributed by atoms with Gasteiger partial charge in [0.15, 0.2) is 5.82 Å². The van der Waals surface area contributed by atoms with Crippen molar-refractivity contribution in [1.29, 1.82) is 5.26 Å². The van der Waals surface area contributed by atoms with Gasteiger partial charge in [-0.25, -0.2) is 9.67 Å². The normalized spacial score (nSPS) is 15.1. The lowest BCUT2D eigenvalue weighted by atomic mass is 9.76. The van der Waals surface area contributed by atoms with Crippen LogP contribution in [0.5, 0.6) is 0 Å². The molecule has 2 heterocycles. The molecule has 0 atom stereocenters. The van der Waals surface area contributed by atoms with Gasteiger partial charge in [0.05, 0.1) is 16.6 Å². The van der Waals surface area contributed by atoms with Crippen molar-refractivity contribution in [2.75, 3.05) is 7.05 Å². The number of amides is 1. The van der Waals surface area contributed by atoms with Crippen molar-refractivity contribution in [1.82, 2.24) is 19.7 Å². The maximum atomic E-state index is 12.9. The number of nitriles is 1. The van der Waals surface area contributed by atoms with Gasteiger partial charge < -0.3 is 4.90 Å². The van der Waals surface area contributed by atoms with Gasteiger partial charge in [0, 0.05) is 7.05 Å². The van der Waals surface area contributed by atoms with Gasteiger partial charge in [-0.05, 0) is 42.8 Å². The van der Waals surface area contributed by atoms with Crippen LogP contribution in [0, 0.1) is 11.3 Å². The Labute approximate surface area is 155 Å². The molecule has 1 saturated carbocycles. The van der Waals surface area contributed by atoms with E-state index >= 15 is 0 Å². The van der Waals surface area contributed by atoms with Crippen LogP contribution in [0.15, 0.2) is 47.8 Å². The van der Waals surface area contributed by atoms with E-state index in [2.05, 4.69) is 16.2 Å². The molecule has 2 aromatic heterocycles. The highest BCUT2D eigenvalue weighted by Crippen LogP contribution is 2.37. The molecule has 1 aliphatic carbocycles.